The summed E-state index contributed by atoms with van der Waals surface area (Å²) in [6.07, 6.45) is 2.87. The molecule has 0 radical (unpaired) electrons. The highest BCUT2D eigenvalue weighted by Gasteiger charge is 2.12. The van der Waals surface area contributed by atoms with Gasteiger partial charge in [-0.1, -0.05) is 37.6 Å². The number of carbonyl (C=O) groups is 2. The lowest BCUT2D eigenvalue weighted by Crippen LogP contribution is -2.32. The van der Waals surface area contributed by atoms with Crippen LogP contribution >= 0.6 is 23.8 Å². The molecule has 0 aliphatic carbocycles. The van der Waals surface area contributed by atoms with Crippen LogP contribution in [0.2, 0.25) is 5.02 Å². The fraction of sp³-hybridized carbons (Fsp3) is 0.192. The number of hydrogen-bond acceptors (Lipinski definition) is 5. The molecule has 0 aliphatic rings. The second-order valence-electron chi connectivity index (χ2n) is 8.00. The molecule has 0 aliphatic heterocycles. The predicted molar refractivity (Wildman–Crippen MR) is 144 cm³/mol. The summed E-state index contributed by atoms with van der Waals surface area (Å²) in [4.78, 5) is 24.2. The van der Waals surface area contributed by atoms with Crippen molar-refractivity contribution in [1.29, 1.82) is 0 Å². The van der Waals surface area contributed by atoms with Crippen molar-refractivity contribution < 1.29 is 18.7 Å². The second-order valence-corrected chi connectivity index (χ2v) is 8.82. The van der Waals surface area contributed by atoms with Crippen LogP contribution in [0.5, 0.6) is 5.75 Å². The normalized spacial score (nSPS) is 10.9. The van der Waals surface area contributed by atoms with Gasteiger partial charge < -0.3 is 19.8 Å². The van der Waals surface area contributed by atoms with Crippen LogP contribution in [-0.4, -0.2) is 24.0 Å². The maximum Gasteiger partial charge on any atom is 0.250 e. The van der Waals surface area contributed by atoms with Crippen LogP contribution in [0.15, 0.2) is 59.0 Å². The number of furan rings is 1. The number of ether oxygens (including phenoxy) is 1. The maximum atomic E-state index is 12.3. The number of thiocarbonyl (C=S) groups is 1. The minimum atomic E-state index is -0.424. The van der Waals surface area contributed by atoms with E-state index >= 15 is 0 Å². The summed E-state index contributed by atoms with van der Waals surface area (Å²) >= 11 is 11.4. The van der Waals surface area contributed by atoms with E-state index in [9.17, 15) is 9.59 Å². The molecular weight excluding hydrogens is 486 g/mol. The van der Waals surface area contributed by atoms with E-state index in [1.165, 1.54) is 13.2 Å². The summed E-state index contributed by atoms with van der Waals surface area (Å²) in [6, 6.07) is 14.3. The van der Waals surface area contributed by atoms with Crippen molar-refractivity contribution in [3.8, 4) is 17.1 Å². The Balaban J connectivity index is 1.58. The Morgan fingerprint density at radius 3 is 2.54 bits per heavy atom. The van der Waals surface area contributed by atoms with E-state index in [1.54, 1.807) is 44.2 Å². The summed E-state index contributed by atoms with van der Waals surface area (Å²) in [5.74, 6) is 0.904. The van der Waals surface area contributed by atoms with Crippen molar-refractivity contribution >= 4 is 58.2 Å². The van der Waals surface area contributed by atoms with Crippen molar-refractivity contribution in [3.63, 3.8) is 0 Å². The first-order valence-corrected chi connectivity index (χ1v) is 11.6. The minimum absolute atomic E-state index is 0.107. The van der Waals surface area contributed by atoms with Gasteiger partial charge in [-0.3, -0.25) is 14.9 Å². The van der Waals surface area contributed by atoms with E-state index in [2.05, 4.69) is 16.0 Å². The molecule has 3 N–H and O–H groups in total. The molecule has 0 saturated carbocycles. The number of rotatable bonds is 7. The zero-order valence-corrected chi connectivity index (χ0v) is 21.3. The van der Waals surface area contributed by atoms with Gasteiger partial charge in [-0.15, -0.1) is 0 Å². The zero-order valence-electron chi connectivity index (χ0n) is 19.8. The standard InChI is InChI=1S/C26H26ClN3O4S/c1-15(2)25(32)29-21-10-7-18(14-23(21)33-4)28-26(35)30-24(31)12-9-19-8-11-22(34-19)17-6-5-16(3)20(27)13-17/h5-15H,1-4H3,(H,29,32)(H2,28,30,31,35)/b12-9+. The van der Waals surface area contributed by atoms with Gasteiger partial charge in [-0.05, 0) is 61.1 Å². The minimum Gasteiger partial charge on any atom is -0.494 e. The molecule has 0 spiro atoms. The molecule has 0 bridgehead atoms. The smallest absolute Gasteiger partial charge is 0.250 e. The average Bonchev–Trinajstić information content (AvgIpc) is 3.29. The number of aryl methyl sites for hydroxylation is 1. The quantitative estimate of drug-likeness (QED) is 0.264. The van der Waals surface area contributed by atoms with Gasteiger partial charge in [0, 0.05) is 34.3 Å². The Morgan fingerprint density at radius 1 is 1.09 bits per heavy atom. The molecule has 1 heterocycles. The Hall–Kier alpha value is -3.62. The number of hydrogen-bond donors (Lipinski definition) is 3. The van der Waals surface area contributed by atoms with Crippen LogP contribution in [-0.2, 0) is 9.59 Å². The lowest BCUT2D eigenvalue weighted by Gasteiger charge is -2.14. The topological polar surface area (TPSA) is 92.6 Å². The number of halogens is 1. The van der Waals surface area contributed by atoms with Crippen molar-refractivity contribution in [1.82, 2.24) is 5.32 Å². The van der Waals surface area contributed by atoms with Crippen molar-refractivity contribution in [2.45, 2.75) is 20.8 Å². The average molecular weight is 512 g/mol. The number of anilines is 2. The van der Waals surface area contributed by atoms with Gasteiger partial charge in [-0.25, -0.2) is 0 Å². The van der Waals surface area contributed by atoms with Crippen LogP contribution in [0.25, 0.3) is 17.4 Å². The van der Waals surface area contributed by atoms with Gasteiger partial charge in [0.2, 0.25) is 11.8 Å². The lowest BCUT2D eigenvalue weighted by atomic mass is 10.1. The summed E-state index contributed by atoms with van der Waals surface area (Å²) in [6.45, 7) is 5.54. The van der Waals surface area contributed by atoms with E-state index < -0.39 is 5.91 Å². The molecule has 3 aromatic rings. The zero-order chi connectivity index (χ0) is 25.5. The largest absolute Gasteiger partial charge is 0.494 e. The fourth-order valence-corrected chi connectivity index (χ4v) is 3.37. The molecule has 2 amide bonds. The lowest BCUT2D eigenvalue weighted by molar-refractivity contribution is -0.119. The highest BCUT2D eigenvalue weighted by atomic mass is 35.5. The summed E-state index contributed by atoms with van der Waals surface area (Å²) in [7, 11) is 1.50. The first-order valence-electron chi connectivity index (χ1n) is 10.8. The van der Waals surface area contributed by atoms with E-state index in [0.717, 1.165) is 11.1 Å². The molecular formula is C26H26ClN3O4S. The predicted octanol–water partition coefficient (Wildman–Crippen LogP) is 6.04. The molecule has 182 valence electrons. The van der Waals surface area contributed by atoms with Gasteiger partial charge in [0.1, 0.15) is 17.3 Å². The first-order chi connectivity index (χ1) is 16.7. The molecule has 0 unspecified atom stereocenters. The summed E-state index contributed by atoms with van der Waals surface area (Å²) in [5.41, 5.74) is 2.96. The SMILES string of the molecule is COc1cc(NC(=S)NC(=O)/C=C/c2ccc(-c3ccc(C)c(Cl)c3)o2)ccc1NC(=O)C(C)C. The first kappa shape index (κ1) is 26.0. The molecule has 0 fully saturated rings. The molecule has 0 saturated heterocycles. The van der Waals surface area contributed by atoms with Crippen LogP contribution < -0.4 is 20.7 Å². The molecule has 35 heavy (non-hydrogen) atoms. The van der Waals surface area contributed by atoms with E-state index in [-0.39, 0.29) is 16.9 Å². The van der Waals surface area contributed by atoms with E-state index in [1.807, 2.05) is 31.2 Å². The summed E-state index contributed by atoms with van der Waals surface area (Å²) < 4.78 is 11.1. The van der Waals surface area contributed by atoms with E-state index in [4.69, 9.17) is 33.0 Å². The van der Waals surface area contributed by atoms with Gasteiger partial charge in [0.15, 0.2) is 5.11 Å². The van der Waals surface area contributed by atoms with Crippen LogP contribution in [0.3, 0.4) is 0 Å². The maximum absolute atomic E-state index is 12.3. The molecule has 0 atom stereocenters. The van der Waals surface area contributed by atoms with Gasteiger partial charge in [-0.2, -0.15) is 0 Å². The molecule has 3 rings (SSSR count). The number of methoxy groups -OCH3 is 1. The third-order valence-corrected chi connectivity index (χ3v) is 5.57. The number of benzene rings is 2. The highest BCUT2D eigenvalue weighted by Crippen LogP contribution is 2.29. The van der Waals surface area contributed by atoms with Crippen molar-refractivity contribution in [3.05, 3.63) is 71.0 Å². The van der Waals surface area contributed by atoms with Gasteiger partial charge in [0.05, 0.1) is 12.8 Å². The Bertz CT molecular complexity index is 1280. The Labute approximate surface area is 214 Å². The molecule has 2 aromatic carbocycles. The monoisotopic (exact) mass is 511 g/mol. The summed E-state index contributed by atoms with van der Waals surface area (Å²) in [5, 5.41) is 9.06. The Kier molecular flexibility index (Phi) is 8.68. The van der Waals surface area contributed by atoms with Crippen molar-refractivity contribution in [2.24, 2.45) is 5.92 Å². The number of amides is 2. The molecule has 9 heteroatoms. The number of nitrogens with one attached hydrogen (secondary N) is 3. The van der Waals surface area contributed by atoms with E-state index in [0.29, 0.717) is 33.7 Å². The third kappa shape index (κ3) is 7.18. The fourth-order valence-electron chi connectivity index (χ4n) is 2.97. The molecule has 1 aromatic heterocycles. The van der Waals surface area contributed by atoms with Crippen LogP contribution in [0, 0.1) is 12.8 Å². The second kappa shape index (κ2) is 11.7. The highest BCUT2D eigenvalue weighted by molar-refractivity contribution is 7.80. The Morgan fingerprint density at radius 2 is 1.86 bits per heavy atom. The van der Waals surface area contributed by atoms with Gasteiger partial charge >= 0.3 is 0 Å². The third-order valence-electron chi connectivity index (χ3n) is 4.96. The van der Waals surface area contributed by atoms with Gasteiger partial charge in [0.25, 0.3) is 0 Å². The number of carbonyl (C=O) groups excluding carboxylic acids is 2. The van der Waals surface area contributed by atoms with Crippen LogP contribution in [0.1, 0.15) is 25.2 Å². The van der Waals surface area contributed by atoms with Crippen molar-refractivity contribution in [2.75, 3.05) is 17.7 Å². The molecule has 7 nitrogen and oxygen atoms in total. The van der Waals surface area contributed by atoms with Crippen LogP contribution in [0.4, 0.5) is 11.4 Å².